The quantitative estimate of drug-likeness (QED) is 0.901. The summed E-state index contributed by atoms with van der Waals surface area (Å²) >= 11 is 0. The van der Waals surface area contributed by atoms with E-state index in [4.69, 9.17) is 0 Å². The lowest BCUT2D eigenvalue weighted by atomic mass is 10.2. The molecule has 0 bridgehead atoms. The van der Waals surface area contributed by atoms with Crippen LogP contribution in [0.3, 0.4) is 0 Å². The lowest BCUT2D eigenvalue weighted by Gasteiger charge is -2.19. The predicted molar refractivity (Wildman–Crippen MR) is 94.8 cm³/mol. The molecule has 1 aliphatic heterocycles. The van der Waals surface area contributed by atoms with Crippen LogP contribution in [-0.2, 0) is 33.2 Å². The third-order valence-electron chi connectivity index (χ3n) is 4.70. The molecule has 8 heteroatoms. The Labute approximate surface area is 148 Å². The maximum absolute atomic E-state index is 11.7. The highest BCUT2D eigenvalue weighted by Gasteiger charge is 2.18. The summed E-state index contributed by atoms with van der Waals surface area (Å²) < 4.78 is 4.00. The number of nitrogens with one attached hydrogen (secondary N) is 1. The Bertz CT molecular complexity index is 746. The molecule has 0 spiro atoms. The third-order valence-corrected chi connectivity index (χ3v) is 4.70. The summed E-state index contributed by atoms with van der Waals surface area (Å²) in [7, 11) is 5.44. The average Bonchev–Trinajstić information content (AvgIpc) is 3.03. The van der Waals surface area contributed by atoms with Crippen LogP contribution in [0.4, 0.5) is 4.79 Å². The van der Waals surface area contributed by atoms with Crippen molar-refractivity contribution < 1.29 is 4.79 Å². The molecule has 0 atom stereocenters. The van der Waals surface area contributed by atoms with Gasteiger partial charge in [0, 0.05) is 58.6 Å². The summed E-state index contributed by atoms with van der Waals surface area (Å²) in [5, 5.41) is 11.9. The molecule has 1 N–H and O–H groups in total. The van der Waals surface area contributed by atoms with E-state index in [0.29, 0.717) is 6.54 Å². The number of urea groups is 1. The van der Waals surface area contributed by atoms with Crippen molar-refractivity contribution in [2.45, 2.75) is 39.5 Å². The van der Waals surface area contributed by atoms with E-state index in [-0.39, 0.29) is 6.03 Å². The first-order valence-electron chi connectivity index (χ1n) is 8.64. The summed E-state index contributed by atoms with van der Waals surface area (Å²) in [5.74, 6) is 0. The van der Waals surface area contributed by atoms with Crippen LogP contribution in [-0.4, -0.2) is 56.0 Å². The maximum Gasteiger partial charge on any atom is 0.317 e. The van der Waals surface area contributed by atoms with E-state index >= 15 is 0 Å². The molecule has 2 aromatic rings. The zero-order valence-corrected chi connectivity index (χ0v) is 15.5. The molecule has 0 unspecified atom stereocenters. The Kier molecular flexibility index (Phi) is 5.08. The molecule has 2 amide bonds. The summed E-state index contributed by atoms with van der Waals surface area (Å²) in [5.41, 5.74) is 4.59. The van der Waals surface area contributed by atoms with Gasteiger partial charge in [-0.3, -0.25) is 14.3 Å². The van der Waals surface area contributed by atoms with Crippen LogP contribution in [0.2, 0.25) is 0 Å². The van der Waals surface area contributed by atoms with Crippen LogP contribution in [0.5, 0.6) is 0 Å². The molecule has 1 aliphatic rings. The van der Waals surface area contributed by atoms with Crippen molar-refractivity contribution in [2.75, 3.05) is 20.6 Å². The molecule has 0 fully saturated rings. The number of fused-ring (bicyclic) bond motifs is 1. The molecule has 136 valence electrons. The molecule has 0 aromatic carbocycles. The van der Waals surface area contributed by atoms with Crippen molar-refractivity contribution in [3.8, 4) is 0 Å². The highest BCUT2D eigenvalue weighted by atomic mass is 16.2. The van der Waals surface area contributed by atoms with Crippen molar-refractivity contribution in [2.24, 2.45) is 7.05 Å². The van der Waals surface area contributed by atoms with E-state index < -0.39 is 0 Å². The number of carbonyl (C=O) groups excluding carboxylic acids is 1. The van der Waals surface area contributed by atoms with Gasteiger partial charge in [0.1, 0.15) is 0 Å². The van der Waals surface area contributed by atoms with Gasteiger partial charge in [-0.2, -0.15) is 10.2 Å². The second-order valence-corrected chi connectivity index (χ2v) is 6.85. The Morgan fingerprint density at radius 3 is 2.84 bits per heavy atom. The molecule has 2 aromatic heterocycles. The number of rotatable bonds is 4. The number of hydrogen-bond acceptors (Lipinski definition) is 4. The van der Waals surface area contributed by atoms with Gasteiger partial charge in [0.2, 0.25) is 0 Å². The van der Waals surface area contributed by atoms with Gasteiger partial charge in [0.25, 0.3) is 0 Å². The Morgan fingerprint density at radius 2 is 2.16 bits per heavy atom. The largest absolute Gasteiger partial charge is 0.332 e. The van der Waals surface area contributed by atoms with Crippen LogP contribution in [0.25, 0.3) is 0 Å². The van der Waals surface area contributed by atoms with E-state index in [1.54, 1.807) is 14.1 Å². The number of carbonyl (C=O) groups is 1. The van der Waals surface area contributed by atoms with Gasteiger partial charge in [0.05, 0.1) is 24.1 Å². The van der Waals surface area contributed by atoms with Crippen LogP contribution in [0.15, 0.2) is 12.3 Å². The minimum Gasteiger partial charge on any atom is -0.332 e. The fraction of sp³-hybridized carbons (Fsp3) is 0.588. The topological polar surface area (TPSA) is 71.2 Å². The molecule has 8 nitrogen and oxygen atoms in total. The Hall–Kier alpha value is -2.35. The monoisotopic (exact) mass is 345 g/mol. The highest BCUT2D eigenvalue weighted by molar-refractivity contribution is 5.73. The maximum atomic E-state index is 11.7. The van der Waals surface area contributed by atoms with Gasteiger partial charge in [-0.1, -0.05) is 0 Å². The molecule has 0 aliphatic carbocycles. The summed E-state index contributed by atoms with van der Waals surface area (Å²) in [6, 6.07) is 2.00. The van der Waals surface area contributed by atoms with E-state index in [2.05, 4.69) is 38.1 Å². The summed E-state index contributed by atoms with van der Waals surface area (Å²) in [6.07, 6.45) is 3.03. The molecule has 3 heterocycles. The van der Waals surface area contributed by atoms with Gasteiger partial charge < -0.3 is 10.2 Å². The average molecular weight is 345 g/mol. The smallest absolute Gasteiger partial charge is 0.317 e. The SMILES string of the molecule is Cc1c(CN2CCCn3nc(CNC(=O)N(C)C)cc3C2)cnn1C. The second-order valence-electron chi connectivity index (χ2n) is 6.85. The first-order chi connectivity index (χ1) is 11.9. The first-order valence-corrected chi connectivity index (χ1v) is 8.64. The minimum absolute atomic E-state index is 0.100. The molecule has 25 heavy (non-hydrogen) atoms. The van der Waals surface area contributed by atoms with Crippen LogP contribution >= 0.6 is 0 Å². The Balaban J connectivity index is 1.66. The fourth-order valence-electron chi connectivity index (χ4n) is 3.07. The van der Waals surface area contributed by atoms with Gasteiger partial charge in [-0.15, -0.1) is 0 Å². The van der Waals surface area contributed by atoms with E-state index in [9.17, 15) is 4.79 Å². The van der Waals surface area contributed by atoms with Gasteiger partial charge >= 0.3 is 6.03 Å². The highest BCUT2D eigenvalue weighted by Crippen LogP contribution is 2.17. The number of hydrogen-bond donors (Lipinski definition) is 1. The number of nitrogens with zero attached hydrogens (tertiary/aromatic N) is 6. The van der Waals surface area contributed by atoms with Gasteiger partial charge in [-0.25, -0.2) is 4.79 Å². The lowest BCUT2D eigenvalue weighted by Crippen LogP contribution is -2.34. The van der Waals surface area contributed by atoms with Crippen LogP contribution < -0.4 is 5.32 Å². The Morgan fingerprint density at radius 1 is 1.36 bits per heavy atom. The van der Waals surface area contributed by atoms with Crippen molar-refractivity contribution in [1.82, 2.24) is 34.7 Å². The zero-order valence-electron chi connectivity index (χ0n) is 15.5. The molecule has 0 saturated carbocycles. The number of amides is 2. The molecule has 0 saturated heterocycles. The van der Waals surface area contributed by atoms with Crippen molar-refractivity contribution in [3.05, 3.63) is 34.9 Å². The lowest BCUT2D eigenvalue weighted by molar-refractivity contribution is 0.217. The van der Waals surface area contributed by atoms with Gasteiger partial charge in [-0.05, 0) is 19.4 Å². The number of aryl methyl sites for hydroxylation is 2. The van der Waals surface area contributed by atoms with E-state index in [1.807, 2.05) is 17.9 Å². The second kappa shape index (κ2) is 7.26. The van der Waals surface area contributed by atoms with E-state index in [1.165, 1.54) is 21.9 Å². The first kappa shape index (κ1) is 17.5. The molecule has 0 radical (unpaired) electrons. The zero-order chi connectivity index (χ0) is 18.0. The van der Waals surface area contributed by atoms with Crippen LogP contribution in [0, 0.1) is 6.92 Å². The van der Waals surface area contributed by atoms with Crippen molar-refractivity contribution in [1.29, 1.82) is 0 Å². The standard InChI is InChI=1S/C17H27N7O/c1-13-14(9-19-22(13)4)11-23-6-5-7-24-16(12-23)8-15(20-24)10-18-17(25)21(2)3/h8-9H,5-7,10-12H2,1-4H3,(H,18,25). The molecular formula is C17H27N7O. The summed E-state index contributed by atoms with van der Waals surface area (Å²) in [4.78, 5) is 15.6. The third kappa shape index (κ3) is 4.01. The summed E-state index contributed by atoms with van der Waals surface area (Å²) in [6.45, 7) is 6.29. The van der Waals surface area contributed by atoms with E-state index in [0.717, 1.165) is 38.3 Å². The van der Waals surface area contributed by atoms with Crippen LogP contribution in [0.1, 0.15) is 29.1 Å². The predicted octanol–water partition coefficient (Wildman–Crippen LogP) is 1.10. The van der Waals surface area contributed by atoms with Gasteiger partial charge in [0.15, 0.2) is 0 Å². The molecular weight excluding hydrogens is 318 g/mol. The minimum atomic E-state index is -0.100. The number of aromatic nitrogens is 4. The molecule has 3 rings (SSSR count). The normalized spacial score (nSPS) is 14.9. The van der Waals surface area contributed by atoms with Crippen molar-refractivity contribution in [3.63, 3.8) is 0 Å². The van der Waals surface area contributed by atoms with Crippen molar-refractivity contribution >= 4 is 6.03 Å². The fourth-order valence-corrected chi connectivity index (χ4v) is 3.07.